The average molecular weight is 322 g/mol. The molecule has 0 aromatic rings. The number of amides is 2. The Hall–Kier alpha value is -1.58. The summed E-state index contributed by atoms with van der Waals surface area (Å²) in [6.45, 7) is 5.85. The number of hydrogen-bond donors (Lipinski definition) is 2. The molecule has 0 aromatic heterocycles. The van der Waals surface area contributed by atoms with Gasteiger partial charge in [-0.3, -0.25) is 4.84 Å². The summed E-state index contributed by atoms with van der Waals surface area (Å²) in [5, 5.41) is 2.45. The highest BCUT2D eigenvalue weighted by Gasteiger charge is 2.16. The fourth-order valence-electron chi connectivity index (χ4n) is 1.20. The van der Waals surface area contributed by atoms with Gasteiger partial charge in [0.25, 0.3) is 0 Å². The lowest BCUT2D eigenvalue weighted by Gasteiger charge is -2.19. The van der Waals surface area contributed by atoms with Crippen molar-refractivity contribution in [1.29, 1.82) is 0 Å². The van der Waals surface area contributed by atoms with E-state index < -0.39 is 17.8 Å². The first-order valence-electron chi connectivity index (χ1n) is 6.81. The van der Waals surface area contributed by atoms with Crippen LogP contribution in [-0.4, -0.2) is 64.5 Å². The van der Waals surface area contributed by atoms with Gasteiger partial charge in [-0.05, 0) is 20.8 Å². The predicted molar refractivity (Wildman–Crippen MR) is 77.3 cm³/mol. The Morgan fingerprint density at radius 3 is 2.32 bits per heavy atom. The van der Waals surface area contributed by atoms with E-state index in [9.17, 15) is 9.59 Å². The molecule has 0 spiro atoms. The summed E-state index contributed by atoms with van der Waals surface area (Å²) in [5.41, 5.74) is 1.50. The molecular weight excluding hydrogens is 296 g/mol. The standard InChI is InChI=1S/C13H26N2O7/c1-13(2,3)22-12(17)15-21-7-6-14-11(16)20-9-10(19-5)8-18-4/h10H,6-9H2,1-5H3,(H,14,16)(H,15,17). The van der Waals surface area contributed by atoms with Crippen molar-refractivity contribution < 1.29 is 33.4 Å². The lowest BCUT2D eigenvalue weighted by Crippen LogP contribution is -2.36. The predicted octanol–water partition coefficient (Wildman–Crippen LogP) is 0.830. The smallest absolute Gasteiger partial charge is 0.431 e. The van der Waals surface area contributed by atoms with Crippen LogP contribution in [0, 0.1) is 0 Å². The van der Waals surface area contributed by atoms with Gasteiger partial charge in [0.2, 0.25) is 0 Å². The van der Waals surface area contributed by atoms with E-state index in [1.165, 1.54) is 14.2 Å². The highest BCUT2D eigenvalue weighted by atomic mass is 16.7. The molecule has 22 heavy (non-hydrogen) atoms. The van der Waals surface area contributed by atoms with E-state index >= 15 is 0 Å². The zero-order valence-electron chi connectivity index (χ0n) is 13.8. The summed E-state index contributed by atoms with van der Waals surface area (Å²) in [6.07, 6.45) is -1.63. The Morgan fingerprint density at radius 2 is 1.77 bits per heavy atom. The van der Waals surface area contributed by atoms with Crippen LogP contribution in [0.2, 0.25) is 0 Å². The number of ether oxygens (including phenoxy) is 4. The number of methoxy groups -OCH3 is 2. The molecule has 0 rings (SSSR count). The van der Waals surface area contributed by atoms with Gasteiger partial charge < -0.3 is 24.3 Å². The van der Waals surface area contributed by atoms with Crippen molar-refractivity contribution in [3.05, 3.63) is 0 Å². The number of nitrogens with one attached hydrogen (secondary N) is 2. The molecule has 130 valence electrons. The minimum absolute atomic E-state index is 0.0696. The van der Waals surface area contributed by atoms with Gasteiger partial charge in [0, 0.05) is 20.8 Å². The van der Waals surface area contributed by atoms with Crippen LogP contribution in [0.4, 0.5) is 9.59 Å². The summed E-state index contributed by atoms with van der Waals surface area (Å²) >= 11 is 0. The highest BCUT2D eigenvalue weighted by Crippen LogP contribution is 2.06. The van der Waals surface area contributed by atoms with Gasteiger partial charge in [0.05, 0.1) is 13.2 Å². The molecule has 1 atom stereocenters. The van der Waals surface area contributed by atoms with Gasteiger partial charge in [-0.15, -0.1) is 0 Å². The Morgan fingerprint density at radius 1 is 1.09 bits per heavy atom. The normalized spacial score (nSPS) is 12.4. The molecule has 9 nitrogen and oxygen atoms in total. The number of hydrogen-bond acceptors (Lipinski definition) is 7. The van der Waals surface area contributed by atoms with E-state index in [2.05, 4.69) is 10.8 Å². The molecule has 0 radical (unpaired) electrons. The molecule has 0 saturated heterocycles. The van der Waals surface area contributed by atoms with E-state index in [4.69, 9.17) is 23.8 Å². The number of carbonyl (C=O) groups is 2. The fraction of sp³-hybridized carbons (Fsp3) is 0.846. The second kappa shape index (κ2) is 11.0. The second-order valence-electron chi connectivity index (χ2n) is 5.29. The summed E-state index contributed by atoms with van der Waals surface area (Å²) in [5.74, 6) is 0. The lowest BCUT2D eigenvalue weighted by atomic mass is 10.2. The zero-order valence-corrected chi connectivity index (χ0v) is 13.8. The molecule has 2 amide bonds. The summed E-state index contributed by atoms with van der Waals surface area (Å²) in [7, 11) is 3.03. The summed E-state index contributed by atoms with van der Waals surface area (Å²) in [4.78, 5) is 27.4. The summed E-state index contributed by atoms with van der Waals surface area (Å²) in [6, 6.07) is 0. The third-order valence-corrected chi connectivity index (χ3v) is 2.11. The Balaban J connectivity index is 3.62. The number of alkyl carbamates (subject to hydrolysis) is 1. The largest absolute Gasteiger partial charge is 0.447 e. The molecule has 2 N–H and O–H groups in total. The Labute approximate surface area is 130 Å². The van der Waals surface area contributed by atoms with Gasteiger partial charge in [0.1, 0.15) is 18.3 Å². The van der Waals surface area contributed by atoms with Crippen LogP contribution < -0.4 is 10.8 Å². The molecule has 1 unspecified atom stereocenters. The van der Waals surface area contributed by atoms with E-state index in [0.717, 1.165) is 0 Å². The topological polar surface area (TPSA) is 104 Å². The zero-order chi connectivity index (χ0) is 17.0. The van der Waals surface area contributed by atoms with Gasteiger partial charge in [-0.1, -0.05) is 0 Å². The maximum atomic E-state index is 11.4. The van der Waals surface area contributed by atoms with Crippen molar-refractivity contribution in [3.8, 4) is 0 Å². The Bertz CT molecular complexity index is 331. The van der Waals surface area contributed by atoms with Crippen molar-refractivity contribution in [2.75, 3.05) is 40.6 Å². The third kappa shape index (κ3) is 12.2. The van der Waals surface area contributed by atoms with Gasteiger partial charge in [0.15, 0.2) is 0 Å². The Kier molecular flexibility index (Phi) is 10.3. The van der Waals surface area contributed by atoms with Crippen LogP contribution in [-0.2, 0) is 23.8 Å². The van der Waals surface area contributed by atoms with Gasteiger partial charge in [-0.25, -0.2) is 9.59 Å². The van der Waals surface area contributed by atoms with E-state index in [1.807, 2.05) is 0 Å². The van der Waals surface area contributed by atoms with Crippen molar-refractivity contribution in [2.24, 2.45) is 0 Å². The van der Waals surface area contributed by atoms with Gasteiger partial charge in [-0.2, -0.15) is 5.48 Å². The molecule has 0 aliphatic carbocycles. The molecule has 0 heterocycles. The quantitative estimate of drug-likeness (QED) is 0.478. The third-order valence-electron chi connectivity index (χ3n) is 2.11. The van der Waals surface area contributed by atoms with Crippen molar-refractivity contribution in [2.45, 2.75) is 32.5 Å². The molecule has 9 heteroatoms. The van der Waals surface area contributed by atoms with Crippen LogP contribution in [0.5, 0.6) is 0 Å². The van der Waals surface area contributed by atoms with Crippen LogP contribution >= 0.6 is 0 Å². The summed E-state index contributed by atoms with van der Waals surface area (Å²) < 4.78 is 19.8. The first-order valence-corrected chi connectivity index (χ1v) is 6.81. The molecule has 0 aliphatic rings. The minimum atomic E-state index is -0.697. The first kappa shape index (κ1) is 20.4. The average Bonchev–Trinajstić information content (AvgIpc) is 2.41. The van der Waals surface area contributed by atoms with Crippen molar-refractivity contribution in [3.63, 3.8) is 0 Å². The molecule has 0 fully saturated rings. The number of rotatable bonds is 9. The fourth-order valence-corrected chi connectivity index (χ4v) is 1.20. The number of carbonyl (C=O) groups excluding carboxylic acids is 2. The highest BCUT2D eigenvalue weighted by molar-refractivity contribution is 5.67. The van der Waals surface area contributed by atoms with Crippen LogP contribution in [0.15, 0.2) is 0 Å². The monoisotopic (exact) mass is 322 g/mol. The van der Waals surface area contributed by atoms with Crippen LogP contribution in [0.3, 0.4) is 0 Å². The van der Waals surface area contributed by atoms with Crippen LogP contribution in [0.1, 0.15) is 20.8 Å². The van der Waals surface area contributed by atoms with Gasteiger partial charge >= 0.3 is 12.2 Å². The molecule has 0 aliphatic heterocycles. The maximum absolute atomic E-state index is 11.4. The van der Waals surface area contributed by atoms with Crippen molar-refractivity contribution >= 4 is 12.2 Å². The molecular formula is C13H26N2O7. The van der Waals surface area contributed by atoms with Crippen molar-refractivity contribution in [1.82, 2.24) is 10.8 Å². The van der Waals surface area contributed by atoms with E-state index in [-0.39, 0.29) is 25.9 Å². The lowest BCUT2D eigenvalue weighted by molar-refractivity contribution is -0.0138. The molecule has 0 bridgehead atoms. The maximum Gasteiger partial charge on any atom is 0.431 e. The van der Waals surface area contributed by atoms with E-state index in [1.54, 1.807) is 20.8 Å². The molecule has 0 aromatic carbocycles. The molecule has 0 saturated carbocycles. The minimum Gasteiger partial charge on any atom is -0.447 e. The first-order chi connectivity index (χ1) is 10.3. The number of hydroxylamine groups is 1. The van der Waals surface area contributed by atoms with E-state index in [0.29, 0.717) is 6.61 Å². The SMILES string of the molecule is COCC(COC(=O)NCCONC(=O)OC(C)(C)C)OC. The van der Waals surface area contributed by atoms with Crippen LogP contribution in [0.25, 0.3) is 0 Å². The second-order valence-corrected chi connectivity index (χ2v) is 5.29.